The third-order valence-corrected chi connectivity index (χ3v) is 4.03. The normalized spacial score (nSPS) is 29.8. The molecule has 2 amide bonds. The SMILES string of the molecule is CC(=O)NC(CS)C(=O)NC1CCC(C)C1C. The van der Waals surface area contributed by atoms with E-state index in [0.29, 0.717) is 17.6 Å². The summed E-state index contributed by atoms with van der Waals surface area (Å²) in [6.07, 6.45) is 2.17. The molecule has 0 heterocycles. The summed E-state index contributed by atoms with van der Waals surface area (Å²) in [6, 6.07) is -0.299. The second kappa shape index (κ2) is 6.28. The quantitative estimate of drug-likeness (QED) is 0.658. The van der Waals surface area contributed by atoms with Crippen LogP contribution in [0.1, 0.15) is 33.6 Å². The lowest BCUT2D eigenvalue weighted by molar-refractivity contribution is -0.128. The Morgan fingerprint density at radius 3 is 2.41 bits per heavy atom. The van der Waals surface area contributed by atoms with Crippen LogP contribution in [0.2, 0.25) is 0 Å². The molecule has 1 fully saturated rings. The third-order valence-electron chi connectivity index (χ3n) is 3.67. The number of hydrogen-bond acceptors (Lipinski definition) is 3. The Morgan fingerprint density at radius 2 is 2.00 bits per heavy atom. The summed E-state index contributed by atoms with van der Waals surface area (Å²) in [6.45, 7) is 5.78. The summed E-state index contributed by atoms with van der Waals surface area (Å²) in [5, 5.41) is 5.61. The van der Waals surface area contributed by atoms with E-state index in [2.05, 4.69) is 37.1 Å². The van der Waals surface area contributed by atoms with E-state index in [1.807, 2.05) is 0 Å². The molecule has 5 heteroatoms. The smallest absolute Gasteiger partial charge is 0.243 e. The highest BCUT2D eigenvalue weighted by Gasteiger charge is 2.32. The van der Waals surface area contributed by atoms with E-state index in [1.54, 1.807) is 0 Å². The Balaban J connectivity index is 2.50. The maximum absolute atomic E-state index is 11.9. The summed E-state index contributed by atoms with van der Waals surface area (Å²) < 4.78 is 0. The van der Waals surface area contributed by atoms with Crippen LogP contribution in [0.4, 0.5) is 0 Å². The van der Waals surface area contributed by atoms with Crippen LogP contribution in [-0.2, 0) is 9.59 Å². The Morgan fingerprint density at radius 1 is 1.35 bits per heavy atom. The molecule has 1 saturated carbocycles. The number of rotatable bonds is 4. The molecule has 4 unspecified atom stereocenters. The fraction of sp³-hybridized carbons (Fsp3) is 0.833. The van der Waals surface area contributed by atoms with Crippen LogP contribution in [-0.4, -0.2) is 29.7 Å². The van der Waals surface area contributed by atoms with Gasteiger partial charge in [0.05, 0.1) is 0 Å². The summed E-state index contributed by atoms with van der Waals surface area (Å²) >= 11 is 4.09. The Kier molecular flexibility index (Phi) is 5.31. The summed E-state index contributed by atoms with van der Waals surface area (Å²) in [5.41, 5.74) is 0. The first kappa shape index (κ1) is 14.4. The molecule has 0 radical (unpaired) electrons. The van der Waals surface area contributed by atoms with Gasteiger partial charge in [-0.1, -0.05) is 13.8 Å². The molecule has 1 aliphatic rings. The van der Waals surface area contributed by atoms with E-state index in [9.17, 15) is 9.59 Å². The lowest BCUT2D eigenvalue weighted by Crippen LogP contribution is -2.50. The minimum absolute atomic E-state index is 0.124. The summed E-state index contributed by atoms with van der Waals surface area (Å²) in [7, 11) is 0. The van der Waals surface area contributed by atoms with Gasteiger partial charge in [0.15, 0.2) is 0 Å². The first-order chi connectivity index (χ1) is 7.95. The lowest BCUT2D eigenvalue weighted by Gasteiger charge is -2.23. The van der Waals surface area contributed by atoms with E-state index in [-0.39, 0.29) is 17.9 Å². The van der Waals surface area contributed by atoms with Gasteiger partial charge in [-0.05, 0) is 24.7 Å². The lowest BCUT2D eigenvalue weighted by atomic mass is 9.97. The molecule has 0 saturated heterocycles. The van der Waals surface area contributed by atoms with Crippen molar-refractivity contribution < 1.29 is 9.59 Å². The van der Waals surface area contributed by atoms with E-state index < -0.39 is 6.04 Å². The second-order valence-electron chi connectivity index (χ2n) is 4.96. The van der Waals surface area contributed by atoms with Gasteiger partial charge in [-0.15, -0.1) is 0 Å². The summed E-state index contributed by atoms with van der Waals surface area (Å²) in [4.78, 5) is 22.9. The fourth-order valence-electron chi connectivity index (χ4n) is 2.29. The van der Waals surface area contributed by atoms with Crippen LogP contribution < -0.4 is 10.6 Å². The second-order valence-corrected chi connectivity index (χ2v) is 5.33. The van der Waals surface area contributed by atoms with Gasteiger partial charge in [0.1, 0.15) is 6.04 Å². The highest BCUT2D eigenvalue weighted by molar-refractivity contribution is 7.80. The number of carbonyl (C=O) groups excluding carboxylic acids is 2. The number of carbonyl (C=O) groups is 2. The Bertz CT molecular complexity index is 296. The molecule has 1 rings (SSSR count). The van der Waals surface area contributed by atoms with Crippen molar-refractivity contribution in [3.05, 3.63) is 0 Å². The molecule has 0 spiro atoms. The minimum atomic E-state index is -0.529. The first-order valence-corrected chi connectivity index (χ1v) is 6.77. The standard InChI is InChI=1S/C12H22N2O2S/c1-7-4-5-10(8(7)2)14-12(16)11(6-17)13-9(3)15/h7-8,10-11,17H,4-6H2,1-3H3,(H,13,15)(H,14,16). The van der Waals surface area contributed by atoms with Gasteiger partial charge in [-0.2, -0.15) is 12.6 Å². The van der Waals surface area contributed by atoms with Crippen molar-refractivity contribution in [3.8, 4) is 0 Å². The van der Waals surface area contributed by atoms with Gasteiger partial charge < -0.3 is 10.6 Å². The average Bonchev–Trinajstić information content (AvgIpc) is 2.57. The zero-order valence-electron chi connectivity index (χ0n) is 10.7. The van der Waals surface area contributed by atoms with Gasteiger partial charge in [0.2, 0.25) is 11.8 Å². The molecular formula is C12H22N2O2S. The maximum atomic E-state index is 11.9. The van der Waals surface area contributed by atoms with E-state index in [1.165, 1.54) is 6.92 Å². The third kappa shape index (κ3) is 3.91. The minimum Gasteiger partial charge on any atom is -0.351 e. The topological polar surface area (TPSA) is 58.2 Å². The van der Waals surface area contributed by atoms with Crippen LogP contribution in [0, 0.1) is 11.8 Å². The molecule has 0 aromatic heterocycles. The van der Waals surface area contributed by atoms with E-state index in [4.69, 9.17) is 0 Å². The zero-order valence-corrected chi connectivity index (χ0v) is 11.6. The zero-order chi connectivity index (χ0) is 13.0. The number of nitrogens with one attached hydrogen (secondary N) is 2. The molecule has 0 bridgehead atoms. The monoisotopic (exact) mass is 258 g/mol. The van der Waals surface area contributed by atoms with Crippen LogP contribution in [0.25, 0.3) is 0 Å². The molecule has 1 aliphatic carbocycles. The molecule has 0 aromatic rings. The van der Waals surface area contributed by atoms with Gasteiger partial charge in [0, 0.05) is 18.7 Å². The predicted octanol–water partition coefficient (Wildman–Crippen LogP) is 0.972. The van der Waals surface area contributed by atoms with Crippen LogP contribution in [0.5, 0.6) is 0 Å². The van der Waals surface area contributed by atoms with Crippen molar-refractivity contribution in [3.63, 3.8) is 0 Å². The van der Waals surface area contributed by atoms with E-state index >= 15 is 0 Å². The van der Waals surface area contributed by atoms with E-state index in [0.717, 1.165) is 12.8 Å². The number of thiol groups is 1. The highest BCUT2D eigenvalue weighted by atomic mass is 32.1. The maximum Gasteiger partial charge on any atom is 0.243 e. The van der Waals surface area contributed by atoms with Gasteiger partial charge in [-0.3, -0.25) is 9.59 Å². The molecule has 98 valence electrons. The van der Waals surface area contributed by atoms with Crippen molar-refractivity contribution in [1.29, 1.82) is 0 Å². The average molecular weight is 258 g/mol. The molecule has 17 heavy (non-hydrogen) atoms. The van der Waals surface area contributed by atoms with Gasteiger partial charge >= 0.3 is 0 Å². The molecule has 0 aliphatic heterocycles. The van der Waals surface area contributed by atoms with Gasteiger partial charge in [0.25, 0.3) is 0 Å². The summed E-state index contributed by atoms with van der Waals surface area (Å²) in [5.74, 6) is 1.14. The predicted molar refractivity (Wildman–Crippen MR) is 71.0 cm³/mol. The molecule has 0 aromatic carbocycles. The van der Waals surface area contributed by atoms with Crippen LogP contribution in [0.3, 0.4) is 0 Å². The Labute approximate surface area is 108 Å². The van der Waals surface area contributed by atoms with Crippen molar-refractivity contribution in [2.45, 2.75) is 45.7 Å². The van der Waals surface area contributed by atoms with Crippen LogP contribution in [0.15, 0.2) is 0 Å². The van der Waals surface area contributed by atoms with Crippen molar-refractivity contribution in [2.75, 3.05) is 5.75 Å². The van der Waals surface area contributed by atoms with Crippen molar-refractivity contribution in [1.82, 2.24) is 10.6 Å². The molecule has 4 atom stereocenters. The highest BCUT2D eigenvalue weighted by Crippen LogP contribution is 2.31. The largest absolute Gasteiger partial charge is 0.351 e. The Hall–Kier alpha value is -0.710. The first-order valence-electron chi connectivity index (χ1n) is 6.14. The molecule has 2 N–H and O–H groups in total. The molecule has 4 nitrogen and oxygen atoms in total. The van der Waals surface area contributed by atoms with Crippen LogP contribution >= 0.6 is 12.6 Å². The van der Waals surface area contributed by atoms with Gasteiger partial charge in [-0.25, -0.2) is 0 Å². The number of amides is 2. The fourth-order valence-corrected chi connectivity index (χ4v) is 2.55. The van der Waals surface area contributed by atoms with Crippen molar-refractivity contribution in [2.24, 2.45) is 11.8 Å². The number of hydrogen-bond donors (Lipinski definition) is 3. The van der Waals surface area contributed by atoms with Crippen molar-refractivity contribution >= 4 is 24.4 Å². The molecular weight excluding hydrogens is 236 g/mol.